The monoisotopic (exact) mass is 441 g/mol. The van der Waals surface area contributed by atoms with Crippen LogP contribution in [0.5, 0.6) is 0 Å². The molecule has 0 spiro atoms. The van der Waals surface area contributed by atoms with Crippen LogP contribution in [0.15, 0.2) is 69.7 Å². The normalized spacial score (nSPS) is 18.2. The Labute approximate surface area is 170 Å². The molecular formula is C20H16BrN3O2S. The third-order valence-corrected chi connectivity index (χ3v) is 5.87. The molecular weight excluding hydrogens is 426 g/mol. The number of hydrogen-bond donors (Lipinski definition) is 1. The van der Waals surface area contributed by atoms with Crippen LogP contribution in [0.3, 0.4) is 0 Å². The maximum atomic E-state index is 13.2. The van der Waals surface area contributed by atoms with Gasteiger partial charge < -0.3 is 5.32 Å². The number of carbonyl (C=O) groups is 2. The zero-order valence-corrected chi connectivity index (χ0v) is 16.9. The summed E-state index contributed by atoms with van der Waals surface area (Å²) in [4.78, 5) is 26.8. The fraction of sp³-hybridized carbons (Fsp3) is 0.150. The van der Waals surface area contributed by atoms with Gasteiger partial charge in [0.05, 0.1) is 5.25 Å². The molecule has 0 aliphatic carbocycles. The van der Waals surface area contributed by atoms with Gasteiger partial charge in [-0.25, -0.2) is 0 Å². The van der Waals surface area contributed by atoms with Crippen molar-refractivity contribution in [2.24, 2.45) is 0 Å². The SMILES string of the molecule is CNC(=O)/C(C#N)=C1\S[C@H](Cc2ccccc2)C(=O)N1c1ccc(Br)cc1. The number of nitrogens with zero attached hydrogens (tertiary/aromatic N) is 2. The number of anilines is 1. The van der Waals surface area contributed by atoms with Gasteiger partial charge in [-0.15, -0.1) is 0 Å². The molecule has 136 valence electrons. The minimum Gasteiger partial charge on any atom is -0.354 e. The summed E-state index contributed by atoms with van der Waals surface area (Å²) in [6, 6.07) is 18.9. The van der Waals surface area contributed by atoms with E-state index in [0.717, 1.165) is 10.0 Å². The van der Waals surface area contributed by atoms with E-state index >= 15 is 0 Å². The van der Waals surface area contributed by atoms with Crippen molar-refractivity contribution >= 4 is 45.2 Å². The summed E-state index contributed by atoms with van der Waals surface area (Å²) >= 11 is 4.64. The summed E-state index contributed by atoms with van der Waals surface area (Å²) in [7, 11) is 1.47. The van der Waals surface area contributed by atoms with Crippen molar-refractivity contribution in [1.29, 1.82) is 5.26 Å². The van der Waals surface area contributed by atoms with Gasteiger partial charge in [0, 0.05) is 17.2 Å². The van der Waals surface area contributed by atoms with Gasteiger partial charge in [0.2, 0.25) is 5.91 Å². The number of hydrogen-bond acceptors (Lipinski definition) is 4. The summed E-state index contributed by atoms with van der Waals surface area (Å²) in [5.74, 6) is -0.645. The molecule has 1 aliphatic rings. The van der Waals surface area contributed by atoms with Gasteiger partial charge in [-0.1, -0.05) is 58.0 Å². The second-order valence-corrected chi connectivity index (χ2v) is 7.92. The lowest BCUT2D eigenvalue weighted by Crippen LogP contribution is -2.31. The van der Waals surface area contributed by atoms with E-state index in [0.29, 0.717) is 17.1 Å². The molecule has 5 nitrogen and oxygen atoms in total. The van der Waals surface area contributed by atoms with E-state index in [1.54, 1.807) is 12.1 Å². The van der Waals surface area contributed by atoms with Gasteiger partial charge in [-0.05, 0) is 36.2 Å². The van der Waals surface area contributed by atoms with Crippen LogP contribution in [0.2, 0.25) is 0 Å². The van der Waals surface area contributed by atoms with Crippen LogP contribution in [-0.2, 0) is 16.0 Å². The number of benzene rings is 2. The van der Waals surface area contributed by atoms with Gasteiger partial charge in [-0.3, -0.25) is 14.5 Å². The summed E-state index contributed by atoms with van der Waals surface area (Å²) in [6.07, 6.45) is 0.521. The van der Waals surface area contributed by atoms with Crippen molar-refractivity contribution in [3.8, 4) is 6.07 Å². The summed E-state index contributed by atoms with van der Waals surface area (Å²) < 4.78 is 0.878. The highest BCUT2D eigenvalue weighted by atomic mass is 79.9. The average molecular weight is 442 g/mol. The lowest BCUT2D eigenvalue weighted by atomic mass is 10.1. The summed E-state index contributed by atoms with van der Waals surface area (Å²) in [6.45, 7) is 0. The first-order valence-electron chi connectivity index (χ1n) is 8.21. The Bertz CT molecular complexity index is 936. The molecule has 2 aromatic carbocycles. The number of halogens is 1. The molecule has 3 rings (SSSR count). The topological polar surface area (TPSA) is 73.2 Å². The first kappa shape index (κ1) is 19.2. The van der Waals surface area contributed by atoms with Crippen molar-refractivity contribution < 1.29 is 9.59 Å². The quantitative estimate of drug-likeness (QED) is 0.580. The minimum absolute atomic E-state index is 0.0608. The van der Waals surface area contributed by atoms with Crippen LogP contribution in [0.1, 0.15) is 5.56 Å². The zero-order valence-electron chi connectivity index (χ0n) is 14.5. The largest absolute Gasteiger partial charge is 0.354 e. The van der Waals surface area contributed by atoms with Gasteiger partial charge in [0.1, 0.15) is 16.7 Å². The van der Waals surface area contributed by atoms with Crippen LogP contribution in [-0.4, -0.2) is 24.1 Å². The number of nitrogens with one attached hydrogen (secondary N) is 1. The predicted molar refractivity (Wildman–Crippen MR) is 110 cm³/mol. The van der Waals surface area contributed by atoms with Crippen molar-refractivity contribution in [1.82, 2.24) is 5.32 Å². The maximum absolute atomic E-state index is 13.2. The second-order valence-electron chi connectivity index (χ2n) is 5.82. The first-order valence-corrected chi connectivity index (χ1v) is 9.89. The van der Waals surface area contributed by atoms with Crippen LogP contribution >= 0.6 is 27.7 Å². The Morgan fingerprint density at radius 2 is 1.89 bits per heavy atom. The van der Waals surface area contributed by atoms with Gasteiger partial charge in [-0.2, -0.15) is 5.26 Å². The molecule has 1 N–H and O–H groups in total. The van der Waals surface area contributed by atoms with E-state index in [9.17, 15) is 14.9 Å². The summed E-state index contributed by atoms with van der Waals surface area (Å²) in [5, 5.41) is 12.0. The molecule has 0 bridgehead atoms. The molecule has 1 fully saturated rings. The average Bonchev–Trinajstić information content (AvgIpc) is 3.00. The van der Waals surface area contributed by atoms with Gasteiger partial charge in [0.25, 0.3) is 5.91 Å². The zero-order chi connectivity index (χ0) is 19.4. The highest BCUT2D eigenvalue weighted by Gasteiger charge is 2.40. The highest BCUT2D eigenvalue weighted by molar-refractivity contribution is 9.10. The van der Waals surface area contributed by atoms with E-state index in [4.69, 9.17) is 0 Å². The molecule has 2 aromatic rings. The van der Waals surface area contributed by atoms with E-state index in [1.165, 1.54) is 23.7 Å². The number of nitriles is 1. The highest BCUT2D eigenvalue weighted by Crippen LogP contribution is 2.42. The van der Waals surface area contributed by atoms with E-state index in [2.05, 4.69) is 21.2 Å². The Morgan fingerprint density at radius 1 is 1.22 bits per heavy atom. The fourth-order valence-electron chi connectivity index (χ4n) is 2.77. The molecule has 0 radical (unpaired) electrons. The van der Waals surface area contributed by atoms with Crippen molar-refractivity contribution in [2.75, 3.05) is 11.9 Å². The molecule has 27 heavy (non-hydrogen) atoms. The third-order valence-electron chi connectivity index (χ3n) is 4.08. The molecule has 0 saturated carbocycles. The number of rotatable bonds is 4. The summed E-state index contributed by atoms with van der Waals surface area (Å²) in [5.41, 5.74) is 1.59. The number of thioether (sulfide) groups is 1. The van der Waals surface area contributed by atoms with Crippen LogP contribution in [0, 0.1) is 11.3 Å². The van der Waals surface area contributed by atoms with Crippen LogP contribution < -0.4 is 10.2 Å². The van der Waals surface area contributed by atoms with Gasteiger partial charge >= 0.3 is 0 Å². The van der Waals surface area contributed by atoms with Crippen molar-refractivity contribution in [3.63, 3.8) is 0 Å². The Hall–Kier alpha value is -2.56. The molecule has 1 heterocycles. The Morgan fingerprint density at radius 3 is 2.48 bits per heavy atom. The smallest absolute Gasteiger partial charge is 0.264 e. The number of likely N-dealkylation sites (N-methyl/N-ethyl adjacent to an activating group) is 1. The van der Waals surface area contributed by atoms with E-state index in [1.807, 2.05) is 48.5 Å². The molecule has 0 unspecified atom stereocenters. The minimum atomic E-state index is -0.504. The van der Waals surface area contributed by atoms with Crippen LogP contribution in [0.4, 0.5) is 5.69 Å². The Balaban J connectivity index is 2.04. The molecule has 2 amide bonds. The second kappa shape index (κ2) is 8.42. The van der Waals surface area contributed by atoms with Crippen LogP contribution in [0.25, 0.3) is 0 Å². The lowest BCUT2D eigenvalue weighted by molar-refractivity contribution is -0.117. The van der Waals surface area contributed by atoms with E-state index in [-0.39, 0.29) is 11.5 Å². The fourth-order valence-corrected chi connectivity index (χ4v) is 4.34. The van der Waals surface area contributed by atoms with Gasteiger partial charge in [0.15, 0.2) is 0 Å². The maximum Gasteiger partial charge on any atom is 0.264 e. The first-order chi connectivity index (χ1) is 13.0. The van der Waals surface area contributed by atoms with Crippen molar-refractivity contribution in [3.05, 3.63) is 75.2 Å². The number of carbonyl (C=O) groups excluding carboxylic acids is 2. The number of amides is 2. The lowest BCUT2D eigenvalue weighted by Gasteiger charge is -2.18. The predicted octanol–water partition coefficient (Wildman–Crippen LogP) is 3.62. The molecule has 1 aliphatic heterocycles. The molecule has 7 heteroatoms. The van der Waals surface area contributed by atoms with E-state index < -0.39 is 11.2 Å². The molecule has 0 aromatic heterocycles. The Kier molecular flexibility index (Phi) is 5.99. The molecule has 1 saturated heterocycles. The third kappa shape index (κ3) is 4.07. The molecule has 1 atom stereocenters. The standard InChI is InChI=1S/C20H16BrN3O2S/c1-23-18(25)16(12-22)20-24(15-9-7-14(21)8-10-15)19(26)17(27-20)11-13-5-3-2-4-6-13/h2-10,17H,11H2,1H3,(H,23,25)/b20-16-/t17-/m1/s1. The van der Waals surface area contributed by atoms with Crippen molar-refractivity contribution in [2.45, 2.75) is 11.7 Å².